The lowest BCUT2D eigenvalue weighted by molar-refractivity contribution is 0.144. The first-order chi connectivity index (χ1) is 15.6. The van der Waals surface area contributed by atoms with Gasteiger partial charge in [-0.25, -0.2) is 4.39 Å². The molecule has 1 aromatic carbocycles. The number of hydrogen-bond acceptors (Lipinski definition) is 4. The summed E-state index contributed by atoms with van der Waals surface area (Å²) in [7, 11) is 0. The predicted molar refractivity (Wildman–Crippen MR) is 130 cm³/mol. The second-order valence-corrected chi connectivity index (χ2v) is 9.53. The average molecular weight is 436 g/mol. The third-order valence-electron chi connectivity index (χ3n) is 7.07. The molecule has 0 aliphatic carbocycles. The normalized spacial score (nSPS) is 19.3. The number of alkyl halides is 1. The summed E-state index contributed by atoms with van der Waals surface area (Å²) < 4.78 is 13.5. The van der Waals surface area contributed by atoms with Crippen molar-refractivity contribution in [2.75, 3.05) is 44.2 Å². The van der Waals surface area contributed by atoms with E-state index in [-0.39, 0.29) is 0 Å². The number of aromatic nitrogens is 2. The van der Waals surface area contributed by atoms with Crippen LogP contribution in [0.4, 0.5) is 10.1 Å². The van der Waals surface area contributed by atoms with Crippen molar-refractivity contribution in [3.8, 4) is 11.3 Å². The number of benzene rings is 1. The number of fused-ring (bicyclic) bond motifs is 1. The molecule has 6 heteroatoms. The predicted octanol–water partition coefficient (Wildman–Crippen LogP) is 4.69. The van der Waals surface area contributed by atoms with Crippen LogP contribution in [0.15, 0.2) is 42.6 Å². The number of anilines is 1. The molecule has 2 fully saturated rings. The van der Waals surface area contributed by atoms with Gasteiger partial charge in [0.2, 0.25) is 0 Å². The molecule has 0 radical (unpaired) electrons. The highest BCUT2D eigenvalue weighted by Crippen LogP contribution is 2.30. The van der Waals surface area contributed by atoms with Crippen LogP contribution in [0.1, 0.15) is 32.4 Å². The number of rotatable bonds is 5. The van der Waals surface area contributed by atoms with Gasteiger partial charge in [0, 0.05) is 85.9 Å². The van der Waals surface area contributed by atoms with Gasteiger partial charge in [-0.15, -0.1) is 0 Å². The summed E-state index contributed by atoms with van der Waals surface area (Å²) in [5, 5.41) is 1.15. The van der Waals surface area contributed by atoms with E-state index in [0.717, 1.165) is 68.0 Å². The summed E-state index contributed by atoms with van der Waals surface area (Å²) in [6, 6.07) is 13.7. The zero-order valence-corrected chi connectivity index (χ0v) is 19.2. The fraction of sp³-hybridized carbons (Fsp3) is 0.500. The van der Waals surface area contributed by atoms with Crippen molar-refractivity contribution in [1.29, 1.82) is 0 Å². The van der Waals surface area contributed by atoms with Crippen LogP contribution in [0.5, 0.6) is 0 Å². The van der Waals surface area contributed by atoms with E-state index in [2.05, 4.69) is 63.9 Å². The number of likely N-dealkylation sites (tertiary alicyclic amines) is 1. The molecule has 2 aliphatic heterocycles. The molecule has 170 valence electrons. The van der Waals surface area contributed by atoms with Crippen molar-refractivity contribution >= 4 is 16.6 Å². The maximum absolute atomic E-state index is 13.5. The molecule has 32 heavy (non-hydrogen) atoms. The number of hydrogen-bond donors (Lipinski definition) is 1. The number of nitrogens with one attached hydrogen (secondary N) is 1. The van der Waals surface area contributed by atoms with Crippen LogP contribution in [0, 0.1) is 0 Å². The summed E-state index contributed by atoms with van der Waals surface area (Å²) in [4.78, 5) is 15.6. The minimum absolute atomic E-state index is 0.618. The van der Waals surface area contributed by atoms with Gasteiger partial charge in [-0.2, -0.15) is 0 Å². The molecule has 1 N–H and O–H groups in total. The smallest absolute Gasteiger partial charge is 0.103 e. The molecule has 5 nitrogen and oxygen atoms in total. The van der Waals surface area contributed by atoms with E-state index in [1.165, 1.54) is 11.4 Å². The molecule has 0 unspecified atom stereocenters. The van der Waals surface area contributed by atoms with E-state index in [9.17, 15) is 4.39 Å². The molecule has 2 aromatic heterocycles. The highest BCUT2D eigenvalue weighted by molar-refractivity contribution is 5.93. The lowest BCUT2D eigenvalue weighted by Crippen LogP contribution is -2.48. The second-order valence-electron chi connectivity index (χ2n) is 9.53. The average Bonchev–Trinajstić information content (AvgIpc) is 3.23. The van der Waals surface area contributed by atoms with E-state index in [4.69, 9.17) is 4.98 Å². The largest absolute Gasteiger partial charge is 0.369 e. The van der Waals surface area contributed by atoms with Crippen molar-refractivity contribution in [3.63, 3.8) is 0 Å². The van der Waals surface area contributed by atoms with Gasteiger partial charge in [-0.3, -0.25) is 14.8 Å². The first-order valence-corrected chi connectivity index (χ1v) is 12.0. The van der Waals surface area contributed by atoms with Crippen molar-refractivity contribution in [1.82, 2.24) is 19.8 Å². The lowest BCUT2D eigenvalue weighted by atomic mass is 10.1. The van der Waals surface area contributed by atoms with Gasteiger partial charge in [-0.05, 0) is 51.0 Å². The number of nitrogens with zero attached hydrogens (tertiary/aromatic N) is 4. The third kappa shape index (κ3) is 4.52. The lowest BCUT2D eigenvalue weighted by Gasteiger charge is -2.38. The molecule has 2 aliphatic rings. The van der Waals surface area contributed by atoms with E-state index < -0.39 is 6.17 Å². The topological polar surface area (TPSA) is 38.4 Å². The summed E-state index contributed by atoms with van der Waals surface area (Å²) in [5.74, 6) is 0. The SMILES string of the molecule is CC(C)N1CCN(c2ccc(-c3nccc4[nH]c(CN5CCC(F)CC5)cc34)cc2)CC1. The molecule has 0 atom stereocenters. The summed E-state index contributed by atoms with van der Waals surface area (Å²) in [5.41, 5.74) is 5.73. The van der Waals surface area contributed by atoms with Crippen LogP contribution >= 0.6 is 0 Å². The Morgan fingerprint density at radius 2 is 1.72 bits per heavy atom. The highest BCUT2D eigenvalue weighted by atomic mass is 19.1. The molecule has 2 saturated heterocycles. The minimum Gasteiger partial charge on any atom is -0.369 e. The van der Waals surface area contributed by atoms with Gasteiger partial charge in [-0.1, -0.05) is 12.1 Å². The third-order valence-corrected chi connectivity index (χ3v) is 7.07. The maximum atomic E-state index is 13.5. The first kappa shape index (κ1) is 21.4. The van der Waals surface area contributed by atoms with Crippen LogP contribution in [0.25, 0.3) is 22.2 Å². The molecular weight excluding hydrogens is 401 g/mol. The molecular formula is C26H34FN5. The van der Waals surface area contributed by atoms with Gasteiger partial charge < -0.3 is 9.88 Å². The van der Waals surface area contributed by atoms with Crippen LogP contribution in [0.2, 0.25) is 0 Å². The Hall–Kier alpha value is -2.44. The fourth-order valence-corrected chi connectivity index (χ4v) is 5.05. The van der Waals surface area contributed by atoms with Gasteiger partial charge in [0.25, 0.3) is 0 Å². The van der Waals surface area contributed by atoms with Crippen molar-refractivity contribution in [3.05, 3.63) is 48.3 Å². The molecule has 3 aromatic rings. The Kier molecular flexibility index (Phi) is 6.15. The van der Waals surface area contributed by atoms with E-state index in [1.54, 1.807) is 0 Å². The maximum Gasteiger partial charge on any atom is 0.103 e. The summed E-state index contributed by atoms with van der Waals surface area (Å²) in [6.07, 6.45) is 2.54. The number of aromatic amines is 1. The zero-order valence-electron chi connectivity index (χ0n) is 19.2. The molecule has 5 rings (SSSR count). The molecule has 0 amide bonds. The van der Waals surface area contributed by atoms with Crippen molar-refractivity contribution < 1.29 is 4.39 Å². The standard InChI is InChI=1S/C26H34FN5/c1-19(2)31-13-15-32(16-14-31)23-5-3-20(4-6-23)26-24-17-22(29-25(24)7-10-28-26)18-30-11-8-21(27)9-12-30/h3-7,10,17,19,21,29H,8-9,11-16,18H2,1-2H3. The second kappa shape index (κ2) is 9.20. The Morgan fingerprint density at radius 3 is 2.41 bits per heavy atom. The quantitative estimate of drug-likeness (QED) is 0.631. The number of pyridine rings is 1. The van der Waals surface area contributed by atoms with Crippen molar-refractivity contribution in [2.45, 2.75) is 45.4 Å². The summed E-state index contributed by atoms with van der Waals surface area (Å²) >= 11 is 0. The number of piperidine rings is 1. The number of halogens is 1. The number of piperazine rings is 1. The zero-order chi connectivity index (χ0) is 22.1. The van der Waals surface area contributed by atoms with Crippen LogP contribution in [0.3, 0.4) is 0 Å². The van der Waals surface area contributed by atoms with Gasteiger partial charge in [0.15, 0.2) is 0 Å². The molecule has 0 saturated carbocycles. The Bertz CT molecular complexity index is 1030. The number of H-pyrrole nitrogens is 1. The molecule has 4 heterocycles. The highest BCUT2D eigenvalue weighted by Gasteiger charge is 2.20. The first-order valence-electron chi connectivity index (χ1n) is 12.0. The van der Waals surface area contributed by atoms with Gasteiger partial charge in [0.05, 0.1) is 5.69 Å². The van der Waals surface area contributed by atoms with E-state index in [0.29, 0.717) is 18.9 Å². The Balaban J connectivity index is 1.31. The van der Waals surface area contributed by atoms with Crippen LogP contribution in [-0.2, 0) is 6.54 Å². The molecule has 0 bridgehead atoms. The monoisotopic (exact) mass is 435 g/mol. The van der Waals surface area contributed by atoms with Crippen LogP contribution in [-0.4, -0.2) is 71.2 Å². The minimum atomic E-state index is -0.633. The van der Waals surface area contributed by atoms with Gasteiger partial charge >= 0.3 is 0 Å². The van der Waals surface area contributed by atoms with Crippen molar-refractivity contribution in [2.24, 2.45) is 0 Å². The Morgan fingerprint density at radius 1 is 1.00 bits per heavy atom. The van der Waals surface area contributed by atoms with E-state index in [1.807, 2.05) is 12.3 Å². The van der Waals surface area contributed by atoms with E-state index >= 15 is 0 Å². The van der Waals surface area contributed by atoms with Gasteiger partial charge in [0.1, 0.15) is 6.17 Å². The molecule has 0 spiro atoms. The fourth-order valence-electron chi connectivity index (χ4n) is 5.05. The van der Waals surface area contributed by atoms with Crippen LogP contribution < -0.4 is 4.90 Å². The summed E-state index contributed by atoms with van der Waals surface area (Å²) in [6.45, 7) is 11.4. The Labute approximate surface area is 190 Å².